The fourth-order valence-electron chi connectivity index (χ4n) is 4.80. The molecule has 1 N–H and O–H groups in total. The van der Waals surface area contributed by atoms with Crippen LogP contribution in [0.5, 0.6) is 0 Å². The number of imide groups is 2. The molecular formula is C24H22Cl2N4O4. The normalized spacial score (nSPS) is 21.2. The summed E-state index contributed by atoms with van der Waals surface area (Å²) in [6, 6.07) is 9.75. The molecule has 5 rings (SSSR count). The van der Waals surface area contributed by atoms with Gasteiger partial charge in [0.05, 0.1) is 26.9 Å². The summed E-state index contributed by atoms with van der Waals surface area (Å²) in [5.74, 6) is -1.99. The molecule has 1 unspecified atom stereocenters. The van der Waals surface area contributed by atoms with E-state index in [1.165, 1.54) is 0 Å². The summed E-state index contributed by atoms with van der Waals surface area (Å²) in [7, 11) is 0. The van der Waals surface area contributed by atoms with Crippen LogP contribution in [0.4, 0.5) is 5.69 Å². The Balaban J connectivity index is 1.26. The van der Waals surface area contributed by atoms with Gasteiger partial charge in [-0.2, -0.15) is 0 Å². The van der Waals surface area contributed by atoms with Gasteiger partial charge in [-0.15, -0.1) is 0 Å². The Bertz CT molecular complexity index is 1190. The van der Waals surface area contributed by atoms with Gasteiger partial charge in [0.2, 0.25) is 11.8 Å². The molecule has 0 saturated carbocycles. The zero-order chi connectivity index (χ0) is 24.0. The van der Waals surface area contributed by atoms with Gasteiger partial charge in [0.15, 0.2) is 0 Å². The smallest absolute Gasteiger partial charge is 0.262 e. The summed E-state index contributed by atoms with van der Waals surface area (Å²) in [5, 5.41) is 3.47. The maximum atomic E-state index is 13.0. The first-order valence-electron chi connectivity index (χ1n) is 11.1. The number of rotatable bonds is 4. The van der Waals surface area contributed by atoms with Crippen molar-refractivity contribution in [3.63, 3.8) is 0 Å². The number of piperidine rings is 1. The van der Waals surface area contributed by atoms with Crippen molar-refractivity contribution in [2.75, 3.05) is 31.1 Å². The van der Waals surface area contributed by atoms with Crippen molar-refractivity contribution in [1.29, 1.82) is 0 Å². The SMILES string of the molecule is O=C1CCC(N2C(=O)c3ccc(CN4CCN(c5c(Cl)cccc5Cl)CC4)cc3C2=O)C(=O)N1. The van der Waals surface area contributed by atoms with Crippen LogP contribution in [0, 0.1) is 0 Å². The molecule has 0 aliphatic carbocycles. The van der Waals surface area contributed by atoms with E-state index in [1.807, 2.05) is 24.3 Å². The van der Waals surface area contributed by atoms with Crippen LogP contribution in [0.25, 0.3) is 0 Å². The van der Waals surface area contributed by atoms with E-state index < -0.39 is 29.7 Å². The molecule has 3 aliphatic rings. The summed E-state index contributed by atoms with van der Waals surface area (Å²) in [6.45, 7) is 3.71. The van der Waals surface area contributed by atoms with E-state index in [0.29, 0.717) is 22.2 Å². The van der Waals surface area contributed by atoms with Gasteiger partial charge in [-0.25, -0.2) is 0 Å². The van der Waals surface area contributed by atoms with Crippen molar-refractivity contribution in [2.45, 2.75) is 25.4 Å². The van der Waals surface area contributed by atoms with Crippen molar-refractivity contribution < 1.29 is 19.2 Å². The molecule has 4 amide bonds. The Morgan fingerprint density at radius 1 is 0.882 bits per heavy atom. The molecule has 34 heavy (non-hydrogen) atoms. The van der Waals surface area contributed by atoms with Crippen LogP contribution >= 0.6 is 23.2 Å². The molecule has 0 spiro atoms. The van der Waals surface area contributed by atoms with E-state index in [1.54, 1.807) is 12.1 Å². The maximum absolute atomic E-state index is 13.0. The number of amides is 4. The fraction of sp³-hybridized carbons (Fsp3) is 0.333. The minimum Gasteiger partial charge on any atom is -0.367 e. The molecular weight excluding hydrogens is 479 g/mol. The van der Waals surface area contributed by atoms with Crippen LogP contribution in [0.3, 0.4) is 0 Å². The Labute approximate surface area is 206 Å². The van der Waals surface area contributed by atoms with E-state index in [-0.39, 0.29) is 18.4 Å². The number of nitrogens with one attached hydrogen (secondary N) is 1. The lowest BCUT2D eigenvalue weighted by Gasteiger charge is -2.37. The molecule has 0 aromatic heterocycles. The summed E-state index contributed by atoms with van der Waals surface area (Å²) in [5.41, 5.74) is 2.35. The Kier molecular flexibility index (Phi) is 6.06. The monoisotopic (exact) mass is 500 g/mol. The highest BCUT2D eigenvalue weighted by atomic mass is 35.5. The minimum atomic E-state index is -0.960. The largest absolute Gasteiger partial charge is 0.367 e. The topological polar surface area (TPSA) is 90.0 Å². The average molecular weight is 501 g/mol. The molecule has 0 radical (unpaired) electrons. The molecule has 2 aromatic carbocycles. The van der Waals surface area contributed by atoms with Crippen molar-refractivity contribution in [1.82, 2.24) is 15.1 Å². The predicted octanol–water partition coefficient (Wildman–Crippen LogP) is 2.72. The lowest BCUT2D eigenvalue weighted by molar-refractivity contribution is -0.136. The third kappa shape index (κ3) is 4.06. The van der Waals surface area contributed by atoms with Gasteiger partial charge in [0.25, 0.3) is 11.8 Å². The van der Waals surface area contributed by atoms with Gasteiger partial charge in [-0.05, 0) is 36.2 Å². The summed E-state index contributed by atoms with van der Waals surface area (Å²) in [4.78, 5) is 55.0. The zero-order valence-electron chi connectivity index (χ0n) is 18.2. The number of carbonyl (C=O) groups excluding carboxylic acids is 4. The molecule has 1 atom stereocenters. The quantitative estimate of drug-likeness (QED) is 0.649. The Morgan fingerprint density at radius 3 is 2.24 bits per heavy atom. The second kappa shape index (κ2) is 9.02. The van der Waals surface area contributed by atoms with E-state index in [2.05, 4.69) is 15.1 Å². The maximum Gasteiger partial charge on any atom is 0.262 e. The molecule has 8 nitrogen and oxygen atoms in total. The first kappa shape index (κ1) is 22.8. The summed E-state index contributed by atoms with van der Waals surface area (Å²) >= 11 is 12.7. The molecule has 2 fully saturated rings. The van der Waals surface area contributed by atoms with E-state index in [4.69, 9.17) is 23.2 Å². The molecule has 2 aromatic rings. The lowest BCUT2D eigenvalue weighted by atomic mass is 10.0. The molecule has 176 valence electrons. The highest BCUT2D eigenvalue weighted by molar-refractivity contribution is 6.39. The summed E-state index contributed by atoms with van der Waals surface area (Å²) in [6.07, 6.45) is 0.239. The molecule has 0 bridgehead atoms. The number of piperazine rings is 1. The third-order valence-electron chi connectivity index (χ3n) is 6.54. The number of halogens is 2. The number of para-hydroxylation sites is 1. The number of carbonyl (C=O) groups is 4. The van der Waals surface area contributed by atoms with Crippen molar-refractivity contribution in [3.05, 3.63) is 63.1 Å². The van der Waals surface area contributed by atoms with Crippen LogP contribution in [0.15, 0.2) is 36.4 Å². The Hall–Kier alpha value is -2.94. The van der Waals surface area contributed by atoms with E-state index in [0.717, 1.165) is 42.3 Å². The molecule has 2 saturated heterocycles. The fourth-order valence-corrected chi connectivity index (χ4v) is 5.43. The van der Waals surface area contributed by atoms with Crippen LogP contribution in [-0.4, -0.2) is 65.6 Å². The van der Waals surface area contributed by atoms with Crippen LogP contribution in [-0.2, 0) is 16.1 Å². The predicted molar refractivity (Wildman–Crippen MR) is 127 cm³/mol. The number of anilines is 1. The van der Waals surface area contributed by atoms with E-state index in [9.17, 15) is 19.2 Å². The summed E-state index contributed by atoms with van der Waals surface area (Å²) < 4.78 is 0. The third-order valence-corrected chi connectivity index (χ3v) is 7.15. The van der Waals surface area contributed by atoms with Gasteiger partial charge >= 0.3 is 0 Å². The molecule has 3 heterocycles. The lowest BCUT2D eigenvalue weighted by Crippen LogP contribution is -2.54. The standard InChI is InChI=1S/C24H22Cl2N4O4/c25-17-2-1-3-18(26)21(17)29-10-8-28(9-11-29)13-14-4-5-15-16(12-14)24(34)30(23(15)33)19-6-7-20(31)27-22(19)32/h1-5,12,19H,6-11,13H2,(H,27,31,32). The highest BCUT2D eigenvalue weighted by Gasteiger charge is 2.44. The molecule has 10 heteroatoms. The highest BCUT2D eigenvalue weighted by Crippen LogP contribution is 2.34. The van der Waals surface area contributed by atoms with Crippen molar-refractivity contribution in [3.8, 4) is 0 Å². The number of hydrogen-bond donors (Lipinski definition) is 1. The van der Waals surface area contributed by atoms with Crippen LogP contribution < -0.4 is 10.2 Å². The van der Waals surface area contributed by atoms with Crippen molar-refractivity contribution in [2.24, 2.45) is 0 Å². The zero-order valence-corrected chi connectivity index (χ0v) is 19.7. The van der Waals surface area contributed by atoms with Crippen LogP contribution in [0.1, 0.15) is 39.1 Å². The average Bonchev–Trinajstić information content (AvgIpc) is 3.05. The minimum absolute atomic E-state index is 0.0977. The number of hydrogen-bond acceptors (Lipinski definition) is 6. The van der Waals surface area contributed by atoms with Gasteiger partial charge in [-0.1, -0.05) is 35.3 Å². The number of nitrogens with zero attached hydrogens (tertiary/aromatic N) is 3. The Morgan fingerprint density at radius 2 is 1.56 bits per heavy atom. The first-order chi connectivity index (χ1) is 16.3. The van der Waals surface area contributed by atoms with Gasteiger partial charge in [0, 0.05) is 39.1 Å². The van der Waals surface area contributed by atoms with E-state index >= 15 is 0 Å². The van der Waals surface area contributed by atoms with Gasteiger partial charge < -0.3 is 4.90 Å². The number of fused-ring (bicyclic) bond motifs is 1. The second-order valence-corrected chi connectivity index (χ2v) is 9.48. The van der Waals surface area contributed by atoms with Gasteiger partial charge in [0.1, 0.15) is 6.04 Å². The second-order valence-electron chi connectivity index (χ2n) is 8.66. The van der Waals surface area contributed by atoms with Gasteiger partial charge in [-0.3, -0.25) is 34.3 Å². The molecule has 3 aliphatic heterocycles. The van der Waals surface area contributed by atoms with Crippen LogP contribution in [0.2, 0.25) is 10.0 Å². The number of benzene rings is 2. The first-order valence-corrected chi connectivity index (χ1v) is 11.8. The van der Waals surface area contributed by atoms with Crippen molar-refractivity contribution >= 4 is 52.5 Å².